The molecule has 0 atom stereocenters. The summed E-state index contributed by atoms with van der Waals surface area (Å²) in [7, 11) is 0. The van der Waals surface area contributed by atoms with Crippen molar-refractivity contribution in [1.29, 1.82) is 0 Å². The SMILES string of the molecule is CCn1c(-c2cccc(N)c2C)nc2cccnc21. The van der Waals surface area contributed by atoms with E-state index in [9.17, 15) is 0 Å². The maximum atomic E-state index is 5.99. The van der Waals surface area contributed by atoms with Crippen molar-refractivity contribution in [3.05, 3.63) is 42.1 Å². The summed E-state index contributed by atoms with van der Waals surface area (Å²) in [5.74, 6) is 0.931. The Morgan fingerprint density at radius 1 is 1.21 bits per heavy atom. The maximum Gasteiger partial charge on any atom is 0.160 e. The summed E-state index contributed by atoms with van der Waals surface area (Å²) in [6.07, 6.45) is 1.80. The predicted octanol–water partition coefficient (Wildman–Crippen LogP) is 3.01. The number of hydrogen-bond donors (Lipinski definition) is 1. The van der Waals surface area contributed by atoms with E-state index < -0.39 is 0 Å². The molecule has 0 saturated heterocycles. The molecule has 1 aromatic carbocycles. The van der Waals surface area contributed by atoms with Gasteiger partial charge < -0.3 is 10.3 Å². The summed E-state index contributed by atoms with van der Waals surface area (Å²) < 4.78 is 2.12. The van der Waals surface area contributed by atoms with Crippen LogP contribution < -0.4 is 5.73 Å². The highest BCUT2D eigenvalue weighted by molar-refractivity contribution is 5.79. The highest BCUT2D eigenvalue weighted by atomic mass is 15.1. The molecule has 0 aliphatic rings. The lowest BCUT2D eigenvalue weighted by Crippen LogP contribution is -2.01. The lowest BCUT2D eigenvalue weighted by Gasteiger charge is -2.09. The van der Waals surface area contributed by atoms with Crippen LogP contribution in [0.3, 0.4) is 0 Å². The number of nitrogen functional groups attached to an aromatic ring is 1. The molecule has 2 N–H and O–H groups in total. The van der Waals surface area contributed by atoms with E-state index >= 15 is 0 Å². The molecule has 0 unspecified atom stereocenters. The number of fused-ring (bicyclic) bond motifs is 1. The van der Waals surface area contributed by atoms with Gasteiger partial charge in [-0.05, 0) is 37.6 Å². The van der Waals surface area contributed by atoms with Gasteiger partial charge >= 0.3 is 0 Å². The van der Waals surface area contributed by atoms with Crippen molar-refractivity contribution in [1.82, 2.24) is 14.5 Å². The molecule has 19 heavy (non-hydrogen) atoms. The molecule has 0 saturated carbocycles. The number of rotatable bonds is 2. The fourth-order valence-electron chi connectivity index (χ4n) is 2.36. The first kappa shape index (κ1) is 11.7. The largest absolute Gasteiger partial charge is 0.398 e. The molecule has 4 heteroatoms. The number of nitrogens with two attached hydrogens (primary N) is 1. The molecular weight excluding hydrogens is 236 g/mol. The number of anilines is 1. The molecule has 4 nitrogen and oxygen atoms in total. The van der Waals surface area contributed by atoms with E-state index in [1.165, 1.54) is 0 Å². The number of benzene rings is 1. The second kappa shape index (κ2) is 4.39. The van der Waals surface area contributed by atoms with Crippen LogP contribution in [0.1, 0.15) is 12.5 Å². The molecule has 0 amide bonds. The molecule has 0 spiro atoms. The summed E-state index contributed by atoms with van der Waals surface area (Å²) >= 11 is 0. The first-order chi connectivity index (χ1) is 9.22. The molecular formula is C15H16N4. The van der Waals surface area contributed by atoms with Crippen LogP contribution in [0.5, 0.6) is 0 Å². The van der Waals surface area contributed by atoms with Crippen LogP contribution in [0.25, 0.3) is 22.6 Å². The number of pyridine rings is 1. The molecule has 2 aromatic heterocycles. The molecule has 3 aromatic rings. The highest BCUT2D eigenvalue weighted by Gasteiger charge is 2.14. The fourth-order valence-corrected chi connectivity index (χ4v) is 2.36. The Labute approximate surface area is 111 Å². The van der Waals surface area contributed by atoms with Gasteiger partial charge in [-0.2, -0.15) is 0 Å². The monoisotopic (exact) mass is 252 g/mol. The molecule has 96 valence electrons. The van der Waals surface area contributed by atoms with Crippen molar-refractivity contribution in [3.63, 3.8) is 0 Å². The van der Waals surface area contributed by atoms with Gasteiger partial charge in [0.2, 0.25) is 0 Å². The van der Waals surface area contributed by atoms with E-state index in [4.69, 9.17) is 10.7 Å². The Bertz CT molecular complexity index is 743. The molecule has 2 heterocycles. The predicted molar refractivity (Wildman–Crippen MR) is 77.8 cm³/mol. The van der Waals surface area contributed by atoms with Crippen molar-refractivity contribution in [2.45, 2.75) is 20.4 Å². The zero-order valence-corrected chi connectivity index (χ0v) is 11.1. The van der Waals surface area contributed by atoms with Crippen LogP contribution in [0.15, 0.2) is 36.5 Å². The van der Waals surface area contributed by atoms with Gasteiger partial charge in [-0.15, -0.1) is 0 Å². The summed E-state index contributed by atoms with van der Waals surface area (Å²) in [6, 6.07) is 9.82. The first-order valence-corrected chi connectivity index (χ1v) is 6.39. The third-order valence-electron chi connectivity index (χ3n) is 3.44. The van der Waals surface area contributed by atoms with Gasteiger partial charge in [-0.1, -0.05) is 12.1 Å². The van der Waals surface area contributed by atoms with E-state index in [2.05, 4.69) is 22.5 Å². The molecule has 3 rings (SSSR count). The Morgan fingerprint density at radius 3 is 2.84 bits per heavy atom. The van der Waals surface area contributed by atoms with Crippen LogP contribution in [-0.2, 0) is 6.54 Å². The number of aryl methyl sites for hydroxylation is 1. The summed E-state index contributed by atoms with van der Waals surface area (Å²) in [5, 5.41) is 0. The van der Waals surface area contributed by atoms with Crippen molar-refractivity contribution in [2.24, 2.45) is 0 Å². The van der Waals surface area contributed by atoms with Gasteiger partial charge in [0.25, 0.3) is 0 Å². The minimum atomic E-state index is 0.792. The Balaban J connectivity index is 2.33. The van der Waals surface area contributed by atoms with Crippen LogP contribution in [-0.4, -0.2) is 14.5 Å². The third-order valence-corrected chi connectivity index (χ3v) is 3.44. The van der Waals surface area contributed by atoms with Crippen LogP contribution in [0.2, 0.25) is 0 Å². The maximum absolute atomic E-state index is 5.99. The average Bonchev–Trinajstić information content (AvgIpc) is 2.80. The number of imidazole rings is 1. The standard InChI is InChI=1S/C15H16N4/c1-3-19-14(11-6-4-7-12(16)10(11)2)18-13-8-5-9-17-15(13)19/h4-9H,3,16H2,1-2H3. The smallest absolute Gasteiger partial charge is 0.160 e. The third kappa shape index (κ3) is 1.76. The zero-order chi connectivity index (χ0) is 13.4. The van der Waals surface area contributed by atoms with Crippen LogP contribution in [0.4, 0.5) is 5.69 Å². The summed E-state index contributed by atoms with van der Waals surface area (Å²) in [6.45, 7) is 4.95. The molecule has 0 radical (unpaired) electrons. The molecule has 0 fully saturated rings. The van der Waals surface area contributed by atoms with Crippen molar-refractivity contribution in [3.8, 4) is 11.4 Å². The number of aromatic nitrogens is 3. The normalized spacial score (nSPS) is 11.1. The van der Waals surface area contributed by atoms with E-state index in [1.54, 1.807) is 6.20 Å². The second-order valence-corrected chi connectivity index (χ2v) is 4.55. The number of hydrogen-bond acceptors (Lipinski definition) is 3. The van der Waals surface area contributed by atoms with Crippen molar-refractivity contribution < 1.29 is 0 Å². The van der Waals surface area contributed by atoms with Crippen LogP contribution in [0, 0.1) is 6.92 Å². The fraction of sp³-hybridized carbons (Fsp3) is 0.200. The molecule has 0 bridgehead atoms. The van der Waals surface area contributed by atoms with Gasteiger partial charge in [-0.3, -0.25) is 0 Å². The lowest BCUT2D eigenvalue weighted by atomic mass is 10.1. The minimum Gasteiger partial charge on any atom is -0.398 e. The first-order valence-electron chi connectivity index (χ1n) is 6.39. The van der Waals surface area contributed by atoms with Crippen molar-refractivity contribution in [2.75, 3.05) is 5.73 Å². The highest BCUT2D eigenvalue weighted by Crippen LogP contribution is 2.28. The lowest BCUT2D eigenvalue weighted by molar-refractivity contribution is 0.787. The summed E-state index contributed by atoms with van der Waals surface area (Å²) in [5.41, 5.74) is 10.8. The van der Waals surface area contributed by atoms with Gasteiger partial charge in [0.05, 0.1) is 0 Å². The Hall–Kier alpha value is -2.36. The van der Waals surface area contributed by atoms with E-state index in [0.29, 0.717) is 0 Å². The van der Waals surface area contributed by atoms with E-state index in [0.717, 1.165) is 40.3 Å². The van der Waals surface area contributed by atoms with Gasteiger partial charge in [0.1, 0.15) is 11.3 Å². The Kier molecular flexibility index (Phi) is 2.71. The average molecular weight is 252 g/mol. The second-order valence-electron chi connectivity index (χ2n) is 4.55. The topological polar surface area (TPSA) is 56.7 Å². The Morgan fingerprint density at radius 2 is 2.05 bits per heavy atom. The molecule has 0 aliphatic heterocycles. The van der Waals surface area contributed by atoms with Gasteiger partial charge in [-0.25, -0.2) is 9.97 Å². The zero-order valence-electron chi connectivity index (χ0n) is 11.1. The minimum absolute atomic E-state index is 0.792. The van der Waals surface area contributed by atoms with Gasteiger partial charge in [0.15, 0.2) is 5.65 Å². The number of nitrogens with zero attached hydrogens (tertiary/aromatic N) is 3. The van der Waals surface area contributed by atoms with Gasteiger partial charge in [0, 0.05) is 24.0 Å². The van der Waals surface area contributed by atoms with Crippen molar-refractivity contribution >= 4 is 16.9 Å². The molecule has 0 aliphatic carbocycles. The van der Waals surface area contributed by atoms with E-state index in [-0.39, 0.29) is 0 Å². The quantitative estimate of drug-likeness (QED) is 0.713. The summed E-state index contributed by atoms with van der Waals surface area (Å²) in [4.78, 5) is 9.12. The van der Waals surface area contributed by atoms with E-state index in [1.807, 2.05) is 31.2 Å². The van der Waals surface area contributed by atoms with Crippen LogP contribution >= 0.6 is 0 Å².